The second-order valence-electron chi connectivity index (χ2n) is 8.10. The first kappa shape index (κ1) is 17.1. The molecular formula is C20H33N5. The zero-order valence-electron chi connectivity index (χ0n) is 15.6. The summed E-state index contributed by atoms with van der Waals surface area (Å²) >= 11 is 0. The van der Waals surface area contributed by atoms with Crippen LogP contribution in [-0.2, 0) is 0 Å². The Labute approximate surface area is 152 Å². The zero-order chi connectivity index (χ0) is 16.9. The minimum Gasteiger partial charge on any atom is -0.356 e. The molecule has 0 aliphatic carbocycles. The smallest absolute Gasteiger partial charge is 0.134 e. The highest BCUT2D eigenvalue weighted by Crippen LogP contribution is 2.26. The zero-order valence-corrected chi connectivity index (χ0v) is 15.6. The average molecular weight is 344 g/mol. The summed E-state index contributed by atoms with van der Waals surface area (Å²) in [5.74, 6) is 3.05. The van der Waals surface area contributed by atoms with Crippen molar-refractivity contribution in [1.29, 1.82) is 0 Å². The normalized spacial score (nSPS) is 26.0. The van der Waals surface area contributed by atoms with E-state index in [4.69, 9.17) is 0 Å². The largest absolute Gasteiger partial charge is 0.356 e. The van der Waals surface area contributed by atoms with E-state index < -0.39 is 0 Å². The summed E-state index contributed by atoms with van der Waals surface area (Å²) in [6.07, 6.45) is 12.6. The summed E-state index contributed by atoms with van der Waals surface area (Å²) in [4.78, 5) is 16.8. The number of piperidine rings is 1. The maximum Gasteiger partial charge on any atom is 0.134 e. The fourth-order valence-corrected chi connectivity index (χ4v) is 4.74. The van der Waals surface area contributed by atoms with Gasteiger partial charge in [0, 0.05) is 38.8 Å². The molecule has 1 aromatic rings. The van der Waals surface area contributed by atoms with Crippen LogP contribution in [0.5, 0.6) is 0 Å². The van der Waals surface area contributed by atoms with Crippen LogP contribution >= 0.6 is 0 Å². The number of rotatable bonds is 4. The van der Waals surface area contributed by atoms with Gasteiger partial charge in [-0.15, -0.1) is 0 Å². The molecule has 0 saturated carbocycles. The Hall–Kier alpha value is -1.36. The highest BCUT2D eigenvalue weighted by Gasteiger charge is 2.24. The minimum atomic E-state index is 0.789. The summed E-state index contributed by atoms with van der Waals surface area (Å²) in [6, 6.07) is 2.22. The molecule has 5 nitrogen and oxygen atoms in total. The van der Waals surface area contributed by atoms with Crippen molar-refractivity contribution in [3.8, 4) is 0 Å². The van der Waals surface area contributed by atoms with E-state index >= 15 is 0 Å². The van der Waals surface area contributed by atoms with Gasteiger partial charge in [-0.2, -0.15) is 0 Å². The summed E-state index contributed by atoms with van der Waals surface area (Å²) in [7, 11) is 0. The first-order chi connectivity index (χ1) is 12.4. The van der Waals surface area contributed by atoms with E-state index in [1.165, 1.54) is 71.0 Å². The molecule has 5 heteroatoms. The molecule has 3 saturated heterocycles. The molecule has 0 amide bonds. The maximum atomic E-state index is 4.61. The van der Waals surface area contributed by atoms with Gasteiger partial charge in [0.05, 0.1) is 0 Å². The van der Waals surface area contributed by atoms with Gasteiger partial charge in [-0.1, -0.05) is 12.8 Å². The average Bonchev–Trinajstić information content (AvgIpc) is 3.08. The molecule has 3 aliphatic heterocycles. The first-order valence-corrected chi connectivity index (χ1v) is 10.4. The van der Waals surface area contributed by atoms with Crippen LogP contribution in [0.15, 0.2) is 12.4 Å². The van der Waals surface area contributed by atoms with Crippen LogP contribution in [0.2, 0.25) is 0 Å². The second kappa shape index (κ2) is 8.35. The minimum absolute atomic E-state index is 0.789. The van der Waals surface area contributed by atoms with E-state index in [9.17, 15) is 0 Å². The van der Waals surface area contributed by atoms with Crippen LogP contribution in [0, 0.1) is 5.92 Å². The summed E-state index contributed by atoms with van der Waals surface area (Å²) < 4.78 is 0. The van der Waals surface area contributed by atoms with Crippen molar-refractivity contribution in [3.63, 3.8) is 0 Å². The van der Waals surface area contributed by atoms with Gasteiger partial charge in [0.25, 0.3) is 0 Å². The standard InChI is InChI=1S/C20H33N5/c1-2-4-10-23(9-3-1)15-18-8-7-13-25(16-18)20-14-19(21-17-22-20)24-11-5-6-12-24/h14,17-18H,1-13,15-16H2. The van der Waals surface area contributed by atoms with Crippen molar-refractivity contribution in [2.24, 2.45) is 5.92 Å². The third-order valence-corrected chi connectivity index (χ3v) is 6.13. The SMILES string of the molecule is c1nc(N2CCCC2)cc(N2CCCC(CN3CCCCCC3)C2)n1. The third kappa shape index (κ3) is 4.43. The lowest BCUT2D eigenvalue weighted by Gasteiger charge is -2.36. The maximum absolute atomic E-state index is 4.61. The highest BCUT2D eigenvalue weighted by atomic mass is 15.2. The van der Waals surface area contributed by atoms with Crippen LogP contribution in [0.1, 0.15) is 51.4 Å². The molecule has 138 valence electrons. The Balaban J connectivity index is 1.38. The van der Waals surface area contributed by atoms with Crippen molar-refractivity contribution < 1.29 is 0 Å². The predicted octanol–water partition coefficient (Wildman–Crippen LogP) is 3.17. The van der Waals surface area contributed by atoms with Crippen molar-refractivity contribution in [1.82, 2.24) is 14.9 Å². The monoisotopic (exact) mass is 343 g/mol. The Morgan fingerprint density at radius 1 is 0.760 bits per heavy atom. The summed E-state index contributed by atoms with van der Waals surface area (Å²) in [6.45, 7) is 8.49. The number of hydrogen-bond acceptors (Lipinski definition) is 5. The molecule has 3 aliphatic rings. The van der Waals surface area contributed by atoms with E-state index in [0.717, 1.165) is 43.7 Å². The van der Waals surface area contributed by atoms with Gasteiger partial charge in [-0.05, 0) is 57.5 Å². The van der Waals surface area contributed by atoms with E-state index in [0.29, 0.717) is 0 Å². The van der Waals surface area contributed by atoms with Gasteiger partial charge in [-0.25, -0.2) is 9.97 Å². The molecule has 25 heavy (non-hydrogen) atoms. The first-order valence-electron chi connectivity index (χ1n) is 10.4. The fraction of sp³-hybridized carbons (Fsp3) is 0.800. The van der Waals surface area contributed by atoms with E-state index in [-0.39, 0.29) is 0 Å². The number of anilines is 2. The van der Waals surface area contributed by atoms with Gasteiger partial charge in [0.15, 0.2) is 0 Å². The topological polar surface area (TPSA) is 35.5 Å². The predicted molar refractivity (Wildman–Crippen MR) is 103 cm³/mol. The van der Waals surface area contributed by atoms with Crippen LogP contribution in [-0.4, -0.2) is 60.7 Å². The number of likely N-dealkylation sites (tertiary alicyclic amines) is 1. The number of nitrogens with zero attached hydrogens (tertiary/aromatic N) is 5. The van der Waals surface area contributed by atoms with Gasteiger partial charge in [-0.3, -0.25) is 0 Å². The van der Waals surface area contributed by atoms with Crippen LogP contribution in [0.3, 0.4) is 0 Å². The molecule has 1 aromatic heterocycles. The lowest BCUT2D eigenvalue weighted by Crippen LogP contribution is -2.41. The highest BCUT2D eigenvalue weighted by molar-refractivity contribution is 5.50. The van der Waals surface area contributed by atoms with Crippen molar-refractivity contribution in [3.05, 3.63) is 12.4 Å². The molecule has 1 atom stereocenters. The molecule has 0 aromatic carbocycles. The van der Waals surface area contributed by atoms with Crippen LogP contribution in [0.25, 0.3) is 0 Å². The molecule has 1 unspecified atom stereocenters. The number of aromatic nitrogens is 2. The number of hydrogen-bond donors (Lipinski definition) is 0. The van der Waals surface area contributed by atoms with Crippen molar-refractivity contribution in [2.75, 3.05) is 55.6 Å². The molecule has 0 N–H and O–H groups in total. The van der Waals surface area contributed by atoms with Crippen LogP contribution in [0.4, 0.5) is 11.6 Å². The lowest BCUT2D eigenvalue weighted by molar-refractivity contribution is 0.222. The van der Waals surface area contributed by atoms with Crippen molar-refractivity contribution >= 4 is 11.6 Å². The van der Waals surface area contributed by atoms with Crippen molar-refractivity contribution in [2.45, 2.75) is 51.4 Å². The second-order valence-corrected chi connectivity index (χ2v) is 8.10. The quantitative estimate of drug-likeness (QED) is 0.839. The Morgan fingerprint density at radius 3 is 2.16 bits per heavy atom. The fourth-order valence-electron chi connectivity index (χ4n) is 4.74. The molecule has 4 heterocycles. The summed E-state index contributed by atoms with van der Waals surface area (Å²) in [5.41, 5.74) is 0. The van der Waals surface area contributed by atoms with E-state index in [1.807, 2.05) is 0 Å². The van der Waals surface area contributed by atoms with Gasteiger partial charge >= 0.3 is 0 Å². The lowest BCUT2D eigenvalue weighted by atomic mass is 9.97. The Morgan fingerprint density at radius 2 is 1.40 bits per heavy atom. The van der Waals surface area contributed by atoms with Crippen LogP contribution < -0.4 is 9.80 Å². The van der Waals surface area contributed by atoms with E-state index in [1.54, 1.807) is 6.33 Å². The molecule has 0 spiro atoms. The Bertz CT molecular complexity index is 535. The van der Waals surface area contributed by atoms with Gasteiger partial charge < -0.3 is 14.7 Å². The Kier molecular flexibility index (Phi) is 5.70. The van der Waals surface area contributed by atoms with Gasteiger partial charge in [0.2, 0.25) is 0 Å². The molecule has 0 radical (unpaired) electrons. The molecule has 0 bridgehead atoms. The van der Waals surface area contributed by atoms with E-state index in [2.05, 4.69) is 30.7 Å². The molecular weight excluding hydrogens is 310 g/mol. The summed E-state index contributed by atoms with van der Waals surface area (Å²) in [5, 5.41) is 0. The molecule has 3 fully saturated rings. The molecule has 4 rings (SSSR count). The third-order valence-electron chi connectivity index (χ3n) is 6.13. The van der Waals surface area contributed by atoms with Gasteiger partial charge in [0.1, 0.15) is 18.0 Å².